The molecule has 0 saturated heterocycles. The van der Waals surface area contributed by atoms with E-state index in [4.69, 9.17) is 0 Å². The molecule has 28 atom stereocenters. The van der Waals surface area contributed by atoms with Gasteiger partial charge in [0.25, 0.3) is 0 Å². The van der Waals surface area contributed by atoms with Crippen molar-refractivity contribution in [3.63, 3.8) is 0 Å². The molecule has 0 spiro atoms. The molecule has 0 aliphatic heterocycles. The van der Waals surface area contributed by atoms with E-state index in [0.717, 1.165) is 166 Å². The highest BCUT2D eigenvalue weighted by Crippen LogP contribution is 2.72. The number of rotatable bonds is 7. The molecule has 28 unspecified atom stereocenters. The van der Waals surface area contributed by atoms with Gasteiger partial charge in [-0.15, -0.1) is 0 Å². The van der Waals surface area contributed by atoms with Crippen LogP contribution in [0, 0.1) is 166 Å². The van der Waals surface area contributed by atoms with Crippen LogP contribution in [-0.2, 0) is 0 Å². The smallest absolute Gasteiger partial charge is 0.0349 e. The molecule has 0 nitrogen and oxygen atoms in total. The third-order valence-electron chi connectivity index (χ3n) is 24.5. The second-order valence-corrected chi connectivity index (χ2v) is 25.5. The summed E-state index contributed by atoms with van der Waals surface area (Å²) < 4.78 is 0. The van der Waals surface area contributed by atoms with Gasteiger partial charge in [-0.3, -0.25) is 0 Å². The fraction of sp³-hybridized carbons (Fsp3) is 1.00. The quantitative estimate of drug-likeness (QED) is 0.244. The first-order valence-electron chi connectivity index (χ1n) is 26.3. The summed E-state index contributed by atoms with van der Waals surface area (Å²) in [6.07, 6.45) is 32.5. The van der Waals surface area contributed by atoms with Crippen LogP contribution in [-0.4, -0.2) is 0 Å². The minimum absolute atomic E-state index is 1.02. The van der Waals surface area contributed by atoms with E-state index < -0.39 is 0 Å². The molecule has 0 heteroatoms. The van der Waals surface area contributed by atoms with E-state index in [9.17, 15) is 0 Å². The van der Waals surface area contributed by atoms with Crippen molar-refractivity contribution in [3.05, 3.63) is 0 Å². The Balaban J connectivity index is 0.695. The lowest BCUT2D eigenvalue weighted by Gasteiger charge is -2.29. The van der Waals surface area contributed by atoms with Crippen molar-refractivity contribution in [1.82, 2.24) is 0 Å². The van der Waals surface area contributed by atoms with Crippen LogP contribution in [0.4, 0.5) is 0 Å². The zero-order valence-corrected chi connectivity index (χ0v) is 36.3. The number of hydrogen-bond acceptors (Lipinski definition) is 0. The largest absolute Gasteiger partial charge is 0.0651 e. The third kappa shape index (κ3) is 5.03. The maximum atomic E-state index is 2.63. The van der Waals surface area contributed by atoms with Gasteiger partial charge in [-0.05, 0) is 268 Å². The highest BCUT2D eigenvalue weighted by molar-refractivity contribution is 5.13. The average molecular weight is 735 g/mol. The van der Waals surface area contributed by atoms with E-state index in [1.54, 1.807) is 103 Å². The summed E-state index contributed by atoms with van der Waals surface area (Å²) in [6.45, 7) is 15.6. The first kappa shape index (κ1) is 35.9. The molecule has 0 N–H and O–H groups in total. The van der Waals surface area contributed by atoms with Gasteiger partial charge in [0.15, 0.2) is 0 Å². The molecule has 12 saturated carbocycles. The normalized spacial score (nSPS) is 64.3. The Morgan fingerprint density at radius 1 is 0.222 bits per heavy atom. The summed E-state index contributed by atoms with van der Waals surface area (Å²) in [4.78, 5) is 0. The molecule has 0 bridgehead atoms. The number of hydrogen-bond donors (Lipinski definition) is 0. The van der Waals surface area contributed by atoms with Gasteiger partial charge in [0.2, 0.25) is 0 Å². The van der Waals surface area contributed by atoms with Gasteiger partial charge in [0.05, 0.1) is 0 Å². The minimum atomic E-state index is 1.02. The topological polar surface area (TPSA) is 0 Å². The van der Waals surface area contributed by atoms with Crippen molar-refractivity contribution in [1.29, 1.82) is 0 Å². The molecule has 12 aliphatic carbocycles. The fourth-order valence-corrected chi connectivity index (χ4v) is 23.5. The maximum absolute atomic E-state index is 2.63. The van der Waals surface area contributed by atoms with Gasteiger partial charge in [0, 0.05) is 0 Å². The van der Waals surface area contributed by atoms with Crippen molar-refractivity contribution in [2.24, 2.45) is 166 Å². The lowest BCUT2D eigenvalue weighted by Crippen LogP contribution is -2.21. The lowest BCUT2D eigenvalue weighted by atomic mass is 9.76. The van der Waals surface area contributed by atoms with E-state index >= 15 is 0 Å². The SMILES string of the molecule is CCC1C2CC(C)CC2C2CC(C3CC4C(CC)C5CC(C6CC7C(CC)C8CC(C9CC%10C(CC)C%11CC(C)CC%11C%10C9)CC8C7C6)CC5C4C3)CC12. The predicted molar refractivity (Wildman–Crippen MR) is 224 cm³/mol. The molecule has 0 aromatic heterocycles. The summed E-state index contributed by atoms with van der Waals surface area (Å²) in [5.41, 5.74) is 0. The third-order valence-corrected chi connectivity index (χ3v) is 24.5. The Labute approximate surface area is 334 Å². The standard InChI is InChI=1S/C54H86/c1-7-35-39-11-27(5)13-41(39)49-21-29(15-43(35)49)31-17-45-37(9-3)47-19-33(25-53(47)51(45)23-31)34-20-48-38(10-4)46-18-32(24-52(46)54(48)26-34)30-16-44-36(8-2)40-12-28(6)14-42(40)50(44)22-30/h27-54H,7-26H2,1-6H3. The van der Waals surface area contributed by atoms with Crippen molar-refractivity contribution in [3.8, 4) is 0 Å². The molecule has 0 aromatic rings. The first-order valence-corrected chi connectivity index (χ1v) is 26.3. The molecule has 302 valence electrons. The highest BCUT2D eigenvalue weighted by atomic mass is 14.7. The van der Waals surface area contributed by atoms with Crippen LogP contribution in [0.25, 0.3) is 0 Å². The molecule has 12 rings (SSSR count). The van der Waals surface area contributed by atoms with Gasteiger partial charge < -0.3 is 0 Å². The van der Waals surface area contributed by atoms with Crippen LogP contribution in [0.2, 0.25) is 0 Å². The van der Waals surface area contributed by atoms with Gasteiger partial charge in [-0.1, -0.05) is 67.2 Å². The summed E-state index contributed by atoms with van der Waals surface area (Å²) >= 11 is 0. The second kappa shape index (κ2) is 13.2. The number of fused-ring (bicyclic) bond motifs is 12. The molecule has 0 radical (unpaired) electrons. The van der Waals surface area contributed by atoms with Gasteiger partial charge in [0.1, 0.15) is 0 Å². The summed E-state index contributed by atoms with van der Waals surface area (Å²) in [7, 11) is 0. The van der Waals surface area contributed by atoms with Crippen LogP contribution in [0.5, 0.6) is 0 Å². The molecule has 12 aliphatic rings. The van der Waals surface area contributed by atoms with Crippen LogP contribution in [0.15, 0.2) is 0 Å². The van der Waals surface area contributed by atoms with E-state index in [2.05, 4.69) is 41.5 Å². The Kier molecular flexibility index (Phi) is 8.81. The molecule has 54 heavy (non-hydrogen) atoms. The van der Waals surface area contributed by atoms with Crippen LogP contribution in [0.1, 0.15) is 170 Å². The van der Waals surface area contributed by atoms with Crippen molar-refractivity contribution in [2.45, 2.75) is 170 Å². The Hall–Kier alpha value is 0. The summed E-state index contributed by atoms with van der Waals surface area (Å²) in [5.74, 6) is 31.3. The van der Waals surface area contributed by atoms with E-state index in [1.165, 1.54) is 25.7 Å². The zero-order chi connectivity index (χ0) is 36.3. The minimum Gasteiger partial charge on any atom is -0.0651 e. The van der Waals surface area contributed by atoms with E-state index in [0.29, 0.717) is 0 Å². The van der Waals surface area contributed by atoms with E-state index in [-0.39, 0.29) is 0 Å². The van der Waals surface area contributed by atoms with E-state index in [1.807, 2.05) is 0 Å². The second-order valence-electron chi connectivity index (χ2n) is 25.5. The van der Waals surface area contributed by atoms with Crippen LogP contribution < -0.4 is 0 Å². The van der Waals surface area contributed by atoms with Gasteiger partial charge >= 0.3 is 0 Å². The van der Waals surface area contributed by atoms with Crippen molar-refractivity contribution >= 4 is 0 Å². The average Bonchev–Trinajstić information content (AvgIpc) is 3.97. The Morgan fingerprint density at radius 2 is 0.370 bits per heavy atom. The van der Waals surface area contributed by atoms with Crippen LogP contribution >= 0.6 is 0 Å². The molecule has 0 heterocycles. The molecule has 12 fully saturated rings. The van der Waals surface area contributed by atoms with Crippen LogP contribution in [0.3, 0.4) is 0 Å². The molecular formula is C54H86. The monoisotopic (exact) mass is 735 g/mol. The molecule has 0 aromatic carbocycles. The van der Waals surface area contributed by atoms with Gasteiger partial charge in [-0.25, -0.2) is 0 Å². The fourth-order valence-electron chi connectivity index (χ4n) is 23.5. The lowest BCUT2D eigenvalue weighted by molar-refractivity contribution is 0.205. The predicted octanol–water partition coefficient (Wildman–Crippen LogP) is 14.3. The maximum Gasteiger partial charge on any atom is -0.0349 e. The molecule has 0 amide bonds. The molecular weight excluding hydrogens is 649 g/mol. The summed E-state index contributed by atoms with van der Waals surface area (Å²) in [5, 5.41) is 0. The summed E-state index contributed by atoms with van der Waals surface area (Å²) in [6, 6.07) is 0. The Bertz CT molecular complexity index is 1290. The Morgan fingerprint density at radius 3 is 0.574 bits per heavy atom. The van der Waals surface area contributed by atoms with Crippen molar-refractivity contribution < 1.29 is 0 Å². The van der Waals surface area contributed by atoms with Gasteiger partial charge in [-0.2, -0.15) is 0 Å². The zero-order valence-electron chi connectivity index (χ0n) is 36.3. The highest BCUT2D eigenvalue weighted by Gasteiger charge is 2.64. The first-order chi connectivity index (χ1) is 26.3. The van der Waals surface area contributed by atoms with Crippen molar-refractivity contribution in [2.75, 3.05) is 0 Å².